The fourth-order valence-corrected chi connectivity index (χ4v) is 3.93. The number of nitrogens with zero attached hydrogens (tertiary/aromatic N) is 4. The molecule has 136 valence electrons. The van der Waals surface area contributed by atoms with Crippen molar-refractivity contribution >= 4 is 34.1 Å². The van der Waals surface area contributed by atoms with Gasteiger partial charge in [-0.2, -0.15) is 5.10 Å². The Morgan fingerprint density at radius 3 is 2.96 bits per heavy atom. The van der Waals surface area contributed by atoms with Crippen LogP contribution in [0.5, 0.6) is 0 Å². The predicted octanol–water partition coefficient (Wildman–Crippen LogP) is 3.93. The van der Waals surface area contributed by atoms with Crippen molar-refractivity contribution in [3.05, 3.63) is 46.7 Å². The summed E-state index contributed by atoms with van der Waals surface area (Å²) in [5.41, 5.74) is 1.56. The van der Waals surface area contributed by atoms with Gasteiger partial charge < -0.3 is 0 Å². The highest BCUT2D eigenvalue weighted by Crippen LogP contribution is 2.23. The van der Waals surface area contributed by atoms with Crippen LogP contribution in [0.4, 0.5) is 5.13 Å². The average Bonchev–Trinajstić information content (AvgIpc) is 3.32. The highest BCUT2D eigenvalue weighted by Gasteiger charge is 2.14. The van der Waals surface area contributed by atoms with Crippen LogP contribution in [0.3, 0.4) is 0 Å². The van der Waals surface area contributed by atoms with Gasteiger partial charge in [-0.1, -0.05) is 61.1 Å². The topological polar surface area (TPSA) is 96.5 Å². The van der Waals surface area contributed by atoms with Gasteiger partial charge in [0.1, 0.15) is 11.3 Å². The zero-order valence-corrected chi connectivity index (χ0v) is 16.1. The van der Waals surface area contributed by atoms with Crippen LogP contribution in [0, 0.1) is 0 Å². The summed E-state index contributed by atoms with van der Waals surface area (Å²) in [5, 5.41) is 20.0. The van der Waals surface area contributed by atoms with Crippen LogP contribution in [-0.2, 0) is 12.2 Å². The molecule has 0 aliphatic rings. The van der Waals surface area contributed by atoms with E-state index < -0.39 is 0 Å². The zero-order valence-electron chi connectivity index (χ0n) is 14.4. The van der Waals surface area contributed by atoms with E-state index in [2.05, 4.69) is 37.6 Å². The minimum Gasteiger partial charge on any atom is -0.296 e. The van der Waals surface area contributed by atoms with Crippen molar-refractivity contribution in [2.45, 2.75) is 43.5 Å². The number of rotatable bonds is 9. The van der Waals surface area contributed by atoms with Crippen molar-refractivity contribution < 1.29 is 4.79 Å². The van der Waals surface area contributed by atoms with Gasteiger partial charge in [-0.05, 0) is 18.1 Å². The number of H-pyrrole nitrogens is 1. The molecule has 0 spiro atoms. The molecule has 0 aliphatic heterocycles. The van der Waals surface area contributed by atoms with E-state index in [1.165, 1.54) is 42.3 Å². The SMILES string of the molecule is CCCCCc1nnc(NC(=O)c2ccccc2CSc2ncn[nH]2)s1. The van der Waals surface area contributed by atoms with Gasteiger partial charge in [0, 0.05) is 17.7 Å². The highest BCUT2D eigenvalue weighted by atomic mass is 32.2. The number of aromatic nitrogens is 5. The standard InChI is InChI=1S/C17H20N6OS2/c1-2-3-4-9-14-21-23-17(26-14)20-15(24)13-8-6-5-7-12(13)10-25-16-18-11-19-22-16/h5-8,11H,2-4,9-10H2,1H3,(H,18,19,22)(H,20,23,24). The molecule has 2 heterocycles. The molecule has 2 N–H and O–H groups in total. The number of nitrogens with one attached hydrogen (secondary N) is 2. The number of hydrogen-bond acceptors (Lipinski definition) is 7. The number of carbonyl (C=O) groups excluding carboxylic acids is 1. The summed E-state index contributed by atoms with van der Waals surface area (Å²) in [7, 11) is 0. The second-order valence-corrected chi connectivity index (χ2v) is 7.67. The van der Waals surface area contributed by atoms with Gasteiger partial charge in [0.2, 0.25) is 5.13 Å². The molecule has 0 fully saturated rings. The largest absolute Gasteiger partial charge is 0.296 e. The van der Waals surface area contributed by atoms with E-state index in [0.29, 0.717) is 16.4 Å². The van der Waals surface area contributed by atoms with Crippen molar-refractivity contribution in [3.63, 3.8) is 0 Å². The van der Waals surface area contributed by atoms with Crippen LogP contribution in [0.2, 0.25) is 0 Å². The molecule has 0 aliphatic carbocycles. The minimum atomic E-state index is -0.171. The van der Waals surface area contributed by atoms with E-state index in [0.717, 1.165) is 28.6 Å². The first-order chi connectivity index (χ1) is 12.8. The smallest absolute Gasteiger partial charge is 0.257 e. The molecular formula is C17H20N6OS2. The molecule has 0 unspecified atom stereocenters. The van der Waals surface area contributed by atoms with Gasteiger partial charge >= 0.3 is 0 Å². The average molecular weight is 389 g/mol. The molecule has 0 radical (unpaired) electrons. The van der Waals surface area contributed by atoms with Gasteiger partial charge in [0.05, 0.1) is 0 Å². The van der Waals surface area contributed by atoms with Gasteiger partial charge in [-0.15, -0.1) is 10.2 Å². The number of amides is 1. The maximum absolute atomic E-state index is 12.6. The Kier molecular flexibility index (Phi) is 6.73. The number of hydrogen-bond donors (Lipinski definition) is 2. The lowest BCUT2D eigenvalue weighted by atomic mass is 10.1. The summed E-state index contributed by atoms with van der Waals surface area (Å²) in [5.74, 6) is 0.451. The lowest BCUT2D eigenvalue weighted by Crippen LogP contribution is -2.13. The van der Waals surface area contributed by atoms with Crippen molar-refractivity contribution in [1.82, 2.24) is 25.4 Å². The fourth-order valence-electron chi connectivity index (χ4n) is 2.37. The normalized spacial score (nSPS) is 10.8. The maximum Gasteiger partial charge on any atom is 0.257 e. The molecule has 0 bridgehead atoms. The number of carbonyl (C=O) groups is 1. The third-order valence-corrected chi connectivity index (χ3v) is 5.52. The number of aromatic amines is 1. The monoisotopic (exact) mass is 388 g/mol. The first-order valence-corrected chi connectivity index (χ1v) is 10.3. The Hall–Kier alpha value is -2.26. The van der Waals surface area contributed by atoms with E-state index in [9.17, 15) is 4.79 Å². The molecule has 1 amide bonds. The molecule has 0 atom stereocenters. The number of benzene rings is 1. The molecule has 0 saturated carbocycles. The van der Waals surface area contributed by atoms with Crippen LogP contribution in [0.15, 0.2) is 35.7 Å². The Morgan fingerprint density at radius 2 is 2.15 bits per heavy atom. The lowest BCUT2D eigenvalue weighted by molar-refractivity contribution is 0.102. The molecule has 9 heteroatoms. The molecule has 3 aromatic rings. The van der Waals surface area contributed by atoms with Crippen LogP contribution in [0.25, 0.3) is 0 Å². The van der Waals surface area contributed by atoms with E-state index in [4.69, 9.17) is 0 Å². The molecular weight excluding hydrogens is 368 g/mol. The summed E-state index contributed by atoms with van der Waals surface area (Å²) in [6.07, 6.45) is 5.82. The van der Waals surface area contributed by atoms with E-state index in [1.54, 1.807) is 0 Å². The highest BCUT2D eigenvalue weighted by molar-refractivity contribution is 7.98. The molecule has 2 aromatic heterocycles. The van der Waals surface area contributed by atoms with E-state index in [-0.39, 0.29) is 5.91 Å². The van der Waals surface area contributed by atoms with Gasteiger partial charge in [0.15, 0.2) is 5.16 Å². The van der Waals surface area contributed by atoms with Crippen molar-refractivity contribution in [2.75, 3.05) is 5.32 Å². The summed E-state index contributed by atoms with van der Waals surface area (Å²) in [6, 6.07) is 7.53. The van der Waals surface area contributed by atoms with E-state index >= 15 is 0 Å². The van der Waals surface area contributed by atoms with Crippen molar-refractivity contribution in [2.24, 2.45) is 0 Å². The number of anilines is 1. The predicted molar refractivity (Wildman–Crippen MR) is 103 cm³/mol. The quantitative estimate of drug-likeness (QED) is 0.426. The molecule has 26 heavy (non-hydrogen) atoms. The molecule has 7 nitrogen and oxygen atoms in total. The second kappa shape index (κ2) is 9.44. The Bertz CT molecular complexity index is 833. The third kappa shape index (κ3) is 5.12. The number of aryl methyl sites for hydroxylation is 1. The summed E-state index contributed by atoms with van der Waals surface area (Å²) < 4.78 is 0. The number of thioether (sulfide) groups is 1. The summed E-state index contributed by atoms with van der Waals surface area (Å²) in [4.78, 5) is 16.7. The number of unbranched alkanes of at least 4 members (excludes halogenated alkanes) is 2. The fraction of sp³-hybridized carbons (Fsp3) is 0.353. The Morgan fingerprint density at radius 1 is 1.27 bits per heavy atom. The first kappa shape index (κ1) is 18.5. The first-order valence-electron chi connectivity index (χ1n) is 8.46. The Balaban J connectivity index is 1.62. The Labute approximate surface area is 160 Å². The molecule has 0 saturated heterocycles. The lowest BCUT2D eigenvalue weighted by Gasteiger charge is -2.07. The van der Waals surface area contributed by atoms with Gasteiger partial charge in [-0.3, -0.25) is 15.2 Å². The van der Waals surface area contributed by atoms with Crippen LogP contribution in [0.1, 0.15) is 47.1 Å². The summed E-state index contributed by atoms with van der Waals surface area (Å²) >= 11 is 2.94. The van der Waals surface area contributed by atoms with Crippen LogP contribution < -0.4 is 5.32 Å². The maximum atomic E-state index is 12.6. The van der Waals surface area contributed by atoms with Crippen molar-refractivity contribution in [3.8, 4) is 0 Å². The second-order valence-electron chi connectivity index (χ2n) is 5.65. The zero-order chi connectivity index (χ0) is 18.2. The summed E-state index contributed by atoms with van der Waals surface area (Å²) in [6.45, 7) is 2.17. The third-order valence-electron chi connectivity index (χ3n) is 3.70. The minimum absolute atomic E-state index is 0.171. The van der Waals surface area contributed by atoms with Crippen LogP contribution in [-0.4, -0.2) is 31.3 Å². The van der Waals surface area contributed by atoms with Gasteiger partial charge in [0.25, 0.3) is 5.91 Å². The van der Waals surface area contributed by atoms with Crippen LogP contribution >= 0.6 is 23.1 Å². The van der Waals surface area contributed by atoms with Gasteiger partial charge in [-0.25, -0.2) is 4.98 Å². The molecule has 1 aromatic carbocycles. The molecule has 3 rings (SSSR count). The van der Waals surface area contributed by atoms with E-state index in [1.807, 2.05) is 24.3 Å². The van der Waals surface area contributed by atoms with Crippen molar-refractivity contribution in [1.29, 1.82) is 0 Å².